The molecule has 184 valence electrons. The van der Waals surface area contributed by atoms with Crippen LogP contribution in [0.5, 0.6) is 11.6 Å². The molecule has 0 fully saturated rings. The topological polar surface area (TPSA) is 132 Å². The van der Waals surface area contributed by atoms with Crippen LogP contribution in [0.4, 0.5) is 5.69 Å². The van der Waals surface area contributed by atoms with Gasteiger partial charge >= 0.3 is 5.69 Å². The Bertz CT molecular complexity index is 1520. The minimum Gasteiger partial charge on any atom is -0.497 e. The molecule has 2 heterocycles. The second-order valence-electron chi connectivity index (χ2n) is 8.59. The number of ether oxygens (including phenoxy) is 1. The number of hydrogen-bond donors (Lipinski definition) is 2. The summed E-state index contributed by atoms with van der Waals surface area (Å²) < 4.78 is 36.5. The quantitative estimate of drug-likeness (QED) is 0.511. The summed E-state index contributed by atoms with van der Waals surface area (Å²) in [7, 11) is -2.60. The number of rotatable bonds is 7. The van der Waals surface area contributed by atoms with Gasteiger partial charge in [0.05, 0.1) is 19.3 Å². The third-order valence-corrected chi connectivity index (χ3v) is 7.03. The van der Waals surface area contributed by atoms with E-state index in [9.17, 15) is 23.1 Å². The number of hydrogen-bond acceptors (Lipinski definition) is 7. The summed E-state index contributed by atoms with van der Waals surface area (Å²) in [5.74, 6) is -0.186. The molecule has 35 heavy (non-hydrogen) atoms. The summed E-state index contributed by atoms with van der Waals surface area (Å²) in [4.78, 5) is 26.6. The Morgan fingerprint density at radius 1 is 1.06 bits per heavy atom. The van der Waals surface area contributed by atoms with Crippen LogP contribution >= 0.6 is 0 Å². The molecule has 1 aliphatic rings. The fraction of sp³-hybridized carbons (Fsp3) is 0.292. The Morgan fingerprint density at radius 3 is 2.40 bits per heavy atom. The lowest BCUT2D eigenvalue weighted by Crippen LogP contribution is -2.44. The minimum absolute atomic E-state index is 0.0464. The predicted molar refractivity (Wildman–Crippen MR) is 132 cm³/mol. The number of benzene rings is 2. The Kier molecular flexibility index (Phi) is 6.53. The van der Waals surface area contributed by atoms with Crippen LogP contribution in [-0.2, 0) is 23.1 Å². The van der Waals surface area contributed by atoms with Gasteiger partial charge in [-0.1, -0.05) is 38.1 Å². The second-order valence-corrected chi connectivity index (χ2v) is 10.2. The van der Waals surface area contributed by atoms with Crippen molar-refractivity contribution < 1.29 is 18.3 Å². The number of anilines is 1. The van der Waals surface area contributed by atoms with Crippen molar-refractivity contribution in [1.29, 1.82) is 0 Å². The summed E-state index contributed by atoms with van der Waals surface area (Å²) in [6, 6.07) is 13.0. The lowest BCUT2D eigenvalue weighted by molar-refractivity contribution is 0.390. The zero-order chi connectivity index (χ0) is 25.3. The van der Waals surface area contributed by atoms with Crippen molar-refractivity contribution in [2.24, 2.45) is 10.3 Å². The highest BCUT2D eigenvalue weighted by Gasteiger charge is 2.30. The Balaban J connectivity index is 1.90. The molecular weight excluding hydrogens is 472 g/mol. The summed E-state index contributed by atoms with van der Waals surface area (Å²) in [5, 5.41) is 13.9. The molecule has 0 aliphatic carbocycles. The van der Waals surface area contributed by atoms with Gasteiger partial charge in [0.1, 0.15) is 16.2 Å². The maximum atomic E-state index is 13.4. The molecule has 0 unspecified atom stereocenters. The average Bonchev–Trinajstić information content (AvgIpc) is 2.81. The molecule has 4 rings (SSSR count). The van der Waals surface area contributed by atoms with Crippen molar-refractivity contribution in [3.05, 3.63) is 80.5 Å². The Hall–Kier alpha value is -3.86. The number of sulfonamides is 1. The summed E-state index contributed by atoms with van der Waals surface area (Å²) in [5.41, 5.74) is -1.02. The van der Waals surface area contributed by atoms with Crippen molar-refractivity contribution in [2.45, 2.75) is 38.3 Å². The third-order valence-electron chi connectivity index (χ3n) is 5.70. The predicted octanol–water partition coefficient (Wildman–Crippen LogP) is 2.38. The molecule has 0 bridgehead atoms. The highest BCUT2D eigenvalue weighted by molar-refractivity contribution is 7.90. The second kappa shape index (κ2) is 9.41. The molecule has 0 saturated heterocycles. The first-order valence-electron chi connectivity index (χ1n) is 11.0. The SMILES string of the molecule is COc1ccc(Cn2c(O)c(C3=NS(=O)(=O)c4ccccc4N3)c(=O)n(CCC(C)C)c2=O)cc1. The van der Waals surface area contributed by atoms with Crippen LogP contribution in [0.2, 0.25) is 0 Å². The molecule has 0 amide bonds. The van der Waals surface area contributed by atoms with Gasteiger partial charge < -0.3 is 15.2 Å². The summed E-state index contributed by atoms with van der Waals surface area (Å²) >= 11 is 0. The molecule has 2 aromatic carbocycles. The maximum Gasteiger partial charge on any atom is 0.334 e. The van der Waals surface area contributed by atoms with Crippen LogP contribution in [0.3, 0.4) is 0 Å². The number of nitrogens with zero attached hydrogens (tertiary/aromatic N) is 3. The monoisotopic (exact) mass is 498 g/mol. The smallest absolute Gasteiger partial charge is 0.334 e. The number of fused-ring (bicyclic) bond motifs is 1. The zero-order valence-electron chi connectivity index (χ0n) is 19.6. The van der Waals surface area contributed by atoms with Crippen molar-refractivity contribution in [3.8, 4) is 11.6 Å². The first kappa shape index (κ1) is 24.3. The van der Waals surface area contributed by atoms with Gasteiger partial charge in [-0.25, -0.2) is 4.79 Å². The van der Waals surface area contributed by atoms with E-state index in [0.29, 0.717) is 17.7 Å². The van der Waals surface area contributed by atoms with Crippen molar-refractivity contribution >= 4 is 21.5 Å². The molecule has 1 aliphatic heterocycles. The molecule has 0 spiro atoms. The number of aromatic hydroxyl groups is 1. The highest BCUT2D eigenvalue weighted by Crippen LogP contribution is 2.29. The first-order chi connectivity index (χ1) is 16.6. The number of nitrogens with one attached hydrogen (secondary N) is 1. The van der Waals surface area contributed by atoms with Crippen LogP contribution in [0, 0.1) is 5.92 Å². The van der Waals surface area contributed by atoms with Crippen LogP contribution in [0.1, 0.15) is 31.4 Å². The highest BCUT2D eigenvalue weighted by atomic mass is 32.2. The van der Waals surface area contributed by atoms with E-state index in [1.165, 1.54) is 19.2 Å². The first-order valence-corrected chi connectivity index (χ1v) is 12.5. The van der Waals surface area contributed by atoms with E-state index in [4.69, 9.17) is 4.74 Å². The van der Waals surface area contributed by atoms with Gasteiger partial charge in [0.25, 0.3) is 15.6 Å². The molecule has 10 nitrogen and oxygen atoms in total. The van der Waals surface area contributed by atoms with Gasteiger partial charge in [-0.2, -0.15) is 8.42 Å². The molecule has 1 aromatic heterocycles. The maximum absolute atomic E-state index is 13.4. The number of aromatic nitrogens is 2. The van der Waals surface area contributed by atoms with Gasteiger partial charge in [-0.3, -0.25) is 13.9 Å². The van der Waals surface area contributed by atoms with Crippen LogP contribution < -0.4 is 21.3 Å². The number of methoxy groups -OCH3 is 1. The molecule has 3 aromatic rings. The summed E-state index contributed by atoms with van der Waals surface area (Å²) in [6.07, 6.45) is 0.531. The van der Waals surface area contributed by atoms with Crippen molar-refractivity contribution in [3.63, 3.8) is 0 Å². The fourth-order valence-corrected chi connectivity index (χ4v) is 4.88. The van der Waals surface area contributed by atoms with E-state index in [1.807, 2.05) is 13.8 Å². The number of para-hydroxylation sites is 1. The number of amidine groups is 1. The van der Waals surface area contributed by atoms with E-state index in [-0.39, 0.29) is 41.0 Å². The van der Waals surface area contributed by atoms with Crippen molar-refractivity contribution in [1.82, 2.24) is 9.13 Å². The normalized spacial score (nSPS) is 14.2. The molecule has 2 N–H and O–H groups in total. The van der Waals surface area contributed by atoms with E-state index in [2.05, 4.69) is 9.71 Å². The van der Waals surface area contributed by atoms with E-state index in [0.717, 1.165) is 9.13 Å². The van der Waals surface area contributed by atoms with E-state index >= 15 is 0 Å². The lowest BCUT2D eigenvalue weighted by atomic mass is 10.1. The van der Waals surface area contributed by atoms with Crippen LogP contribution in [0.15, 0.2) is 67.4 Å². The minimum atomic E-state index is -4.14. The Labute approximate surface area is 202 Å². The van der Waals surface area contributed by atoms with Crippen molar-refractivity contribution in [2.75, 3.05) is 12.4 Å². The third kappa shape index (κ3) is 4.72. The Morgan fingerprint density at radius 2 is 1.74 bits per heavy atom. The molecular formula is C24H26N4O6S. The van der Waals surface area contributed by atoms with E-state index in [1.54, 1.807) is 36.4 Å². The van der Waals surface area contributed by atoms with Gasteiger partial charge in [0.2, 0.25) is 5.88 Å². The zero-order valence-corrected chi connectivity index (χ0v) is 20.4. The van der Waals surface area contributed by atoms with Gasteiger partial charge in [-0.15, -0.1) is 4.40 Å². The standard InChI is InChI=1S/C24H26N4O6S/c1-15(2)12-13-27-22(29)20(21-25-18-6-4-5-7-19(18)35(32,33)26-21)23(30)28(24(27)31)14-16-8-10-17(34-3)11-9-16/h4-11,15,30H,12-14H2,1-3H3,(H,25,26). The lowest BCUT2D eigenvalue weighted by Gasteiger charge is -2.21. The average molecular weight is 499 g/mol. The molecule has 0 radical (unpaired) electrons. The van der Waals surface area contributed by atoms with E-state index < -0.39 is 27.2 Å². The molecule has 11 heteroatoms. The van der Waals surface area contributed by atoms with Gasteiger partial charge in [0, 0.05) is 6.54 Å². The largest absolute Gasteiger partial charge is 0.497 e. The summed E-state index contributed by atoms with van der Waals surface area (Å²) in [6.45, 7) is 3.96. The van der Waals surface area contributed by atoms with Crippen LogP contribution in [-0.4, -0.2) is 35.6 Å². The van der Waals surface area contributed by atoms with Crippen LogP contribution in [0.25, 0.3) is 0 Å². The van der Waals surface area contributed by atoms with Gasteiger partial charge in [-0.05, 0) is 42.2 Å². The van der Waals surface area contributed by atoms with Gasteiger partial charge in [0.15, 0.2) is 5.84 Å². The molecule has 0 saturated carbocycles. The fourth-order valence-electron chi connectivity index (χ4n) is 3.76. The molecule has 0 atom stereocenters.